The van der Waals surface area contributed by atoms with Crippen molar-refractivity contribution in [1.82, 2.24) is 19.7 Å². The van der Waals surface area contributed by atoms with E-state index in [0.717, 1.165) is 71.5 Å². The van der Waals surface area contributed by atoms with Crippen molar-refractivity contribution in [2.45, 2.75) is 70.7 Å². The molecule has 0 radical (unpaired) electrons. The summed E-state index contributed by atoms with van der Waals surface area (Å²) in [4.78, 5) is 24.7. The summed E-state index contributed by atoms with van der Waals surface area (Å²) in [7, 11) is 0. The van der Waals surface area contributed by atoms with E-state index in [-0.39, 0.29) is 6.04 Å². The maximum atomic E-state index is 13.4. The average molecular weight is 415 g/mol. The van der Waals surface area contributed by atoms with Crippen molar-refractivity contribution in [1.29, 1.82) is 0 Å². The summed E-state index contributed by atoms with van der Waals surface area (Å²) in [6.07, 6.45) is 9.97. The van der Waals surface area contributed by atoms with Gasteiger partial charge in [-0.1, -0.05) is 12.5 Å². The molecule has 3 unspecified atom stereocenters. The van der Waals surface area contributed by atoms with Gasteiger partial charge in [-0.15, -0.1) is 0 Å². The molecule has 1 aromatic rings. The van der Waals surface area contributed by atoms with Gasteiger partial charge in [0.2, 0.25) is 5.91 Å². The summed E-state index contributed by atoms with van der Waals surface area (Å²) < 4.78 is 5.87. The van der Waals surface area contributed by atoms with Crippen molar-refractivity contribution in [2.24, 2.45) is 5.92 Å². The highest BCUT2D eigenvalue weighted by atomic mass is 16.5. The van der Waals surface area contributed by atoms with Crippen molar-refractivity contribution < 1.29 is 9.53 Å². The second kappa shape index (κ2) is 10.2. The third-order valence-corrected chi connectivity index (χ3v) is 6.95. The lowest BCUT2D eigenvalue weighted by Crippen LogP contribution is -2.53. The number of ether oxygens (including phenoxy) is 1. The van der Waals surface area contributed by atoms with Gasteiger partial charge in [0.05, 0.1) is 18.2 Å². The second-order valence-corrected chi connectivity index (χ2v) is 9.59. The van der Waals surface area contributed by atoms with Crippen molar-refractivity contribution in [3.63, 3.8) is 0 Å². The van der Waals surface area contributed by atoms with Crippen molar-refractivity contribution in [3.8, 4) is 0 Å². The topological polar surface area (TPSA) is 48.9 Å². The predicted molar refractivity (Wildman–Crippen MR) is 118 cm³/mol. The number of aromatic nitrogens is 1. The standard InChI is InChI=1S/C24H38N4O2/c1-19-15-26(16-20(2)30-19)17-21-8-12-27(13-9-21)24(29)23-7-3-4-11-28(23)18-22-6-5-10-25-14-22/h5-6,10,14,19-21,23H,3-4,7-9,11-13,15-18H2,1-2H3. The van der Waals surface area contributed by atoms with Gasteiger partial charge in [-0.3, -0.25) is 19.6 Å². The van der Waals surface area contributed by atoms with Crippen LogP contribution < -0.4 is 0 Å². The number of likely N-dealkylation sites (tertiary alicyclic amines) is 2. The molecule has 1 amide bonds. The first-order valence-corrected chi connectivity index (χ1v) is 11.9. The fourth-order valence-corrected chi connectivity index (χ4v) is 5.53. The van der Waals surface area contributed by atoms with Gasteiger partial charge in [0.15, 0.2) is 0 Å². The lowest BCUT2D eigenvalue weighted by atomic mass is 9.94. The molecule has 4 rings (SSSR count). The van der Waals surface area contributed by atoms with E-state index >= 15 is 0 Å². The molecule has 6 heteroatoms. The molecular formula is C24H38N4O2. The minimum Gasteiger partial charge on any atom is -0.373 e. The van der Waals surface area contributed by atoms with Crippen LogP contribution in [0, 0.1) is 5.92 Å². The molecule has 6 nitrogen and oxygen atoms in total. The van der Waals surface area contributed by atoms with Gasteiger partial charge in [0, 0.05) is 51.7 Å². The van der Waals surface area contributed by atoms with E-state index in [0.29, 0.717) is 24.0 Å². The number of piperidine rings is 2. The Labute approximate surface area is 181 Å². The van der Waals surface area contributed by atoms with Crippen LogP contribution in [0.5, 0.6) is 0 Å². The molecule has 0 spiro atoms. The lowest BCUT2D eigenvalue weighted by Gasteiger charge is -2.42. The Morgan fingerprint density at radius 3 is 2.57 bits per heavy atom. The van der Waals surface area contributed by atoms with Gasteiger partial charge in [0.25, 0.3) is 0 Å². The molecule has 166 valence electrons. The molecule has 3 aliphatic heterocycles. The van der Waals surface area contributed by atoms with Crippen LogP contribution in [-0.4, -0.2) is 83.1 Å². The molecule has 3 atom stereocenters. The molecule has 3 saturated heterocycles. The molecule has 0 bridgehead atoms. The SMILES string of the molecule is CC1CN(CC2CCN(C(=O)C3CCCCN3Cc3cccnc3)CC2)CC(C)O1. The van der Waals surface area contributed by atoms with Crippen LogP contribution in [0.4, 0.5) is 0 Å². The number of hydrogen-bond donors (Lipinski definition) is 0. The van der Waals surface area contributed by atoms with Crippen molar-refractivity contribution >= 4 is 5.91 Å². The van der Waals surface area contributed by atoms with E-state index < -0.39 is 0 Å². The molecule has 30 heavy (non-hydrogen) atoms. The quantitative estimate of drug-likeness (QED) is 0.742. The van der Waals surface area contributed by atoms with Crippen LogP contribution in [0.3, 0.4) is 0 Å². The Morgan fingerprint density at radius 1 is 1.10 bits per heavy atom. The summed E-state index contributed by atoms with van der Waals surface area (Å²) in [6, 6.07) is 4.13. The molecule has 3 fully saturated rings. The Balaban J connectivity index is 1.28. The number of amides is 1. The Morgan fingerprint density at radius 2 is 1.87 bits per heavy atom. The van der Waals surface area contributed by atoms with E-state index in [1.807, 2.05) is 18.5 Å². The molecule has 1 aromatic heterocycles. The summed E-state index contributed by atoms with van der Waals surface area (Å²) in [5.41, 5.74) is 1.20. The van der Waals surface area contributed by atoms with Crippen LogP contribution in [0.2, 0.25) is 0 Å². The number of morpholine rings is 1. The molecule has 4 heterocycles. The first-order chi connectivity index (χ1) is 14.6. The Bertz CT molecular complexity index is 667. The minimum atomic E-state index is 0.0384. The highest BCUT2D eigenvalue weighted by molar-refractivity contribution is 5.82. The minimum absolute atomic E-state index is 0.0384. The number of rotatable bonds is 5. The molecule has 0 aliphatic carbocycles. The largest absolute Gasteiger partial charge is 0.373 e. The van der Waals surface area contributed by atoms with E-state index in [4.69, 9.17) is 4.74 Å². The zero-order chi connectivity index (χ0) is 20.9. The van der Waals surface area contributed by atoms with E-state index in [9.17, 15) is 4.79 Å². The van der Waals surface area contributed by atoms with Crippen LogP contribution >= 0.6 is 0 Å². The average Bonchev–Trinajstić information content (AvgIpc) is 2.74. The van der Waals surface area contributed by atoms with Crippen molar-refractivity contribution in [2.75, 3.05) is 39.3 Å². The summed E-state index contributed by atoms with van der Waals surface area (Å²) in [5, 5.41) is 0. The third-order valence-electron chi connectivity index (χ3n) is 6.95. The van der Waals surface area contributed by atoms with Crippen LogP contribution in [0.1, 0.15) is 51.5 Å². The molecule has 0 aromatic carbocycles. The molecule has 3 aliphatic rings. The number of hydrogen-bond acceptors (Lipinski definition) is 5. The van der Waals surface area contributed by atoms with Crippen LogP contribution in [-0.2, 0) is 16.1 Å². The summed E-state index contributed by atoms with van der Waals surface area (Å²) in [5.74, 6) is 1.05. The van der Waals surface area contributed by atoms with E-state index in [2.05, 4.69) is 39.6 Å². The zero-order valence-electron chi connectivity index (χ0n) is 18.7. The summed E-state index contributed by atoms with van der Waals surface area (Å²) in [6.45, 7) is 11.2. The number of carbonyl (C=O) groups excluding carboxylic acids is 1. The number of pyridine rings is 1. The van der Waals surface area contributed by atoms with Crippen molar-refractivity contribution in [3.05, 3.63) is 30.1 Å². The fraction of sp³-hybridized carbons (Fsp3) is 0.750. The second-order valence-electron chi connectivity index (χ2n) is 9.59. The predicted octanol–water partition coefficient (Wildman–Crippen LogP) is 2.78. The third kappa shape index (κ3) is 5.59. The van der Waals surface area contributed by atoms with Gasteiger partial charge in [-0.05, 0) is 63.6 Å². The van der Waals surface area contributed by atoms with Gasteiger partial charge in [0.1, 0.15) is 0 Å². The maximum absolute atomic E-state index is 13.4. The monoisotopic (exact) mass is 414 g/mol. The smallest absolute Gasteiger partial charge is 0.239 e. The lowest BCUT2D eigenvalue weighted by molar-refractivity contribution is -0.140. The van der Waals surface area contributed by atoms with E-state index in [1.54, 1.807) is 0 Å². The fourth-order valence-electron chi connectivity index (χ4n) is 5.53. The molecule has 0 saturated carbocycles. The van der Waals surface area contributed by atoms with Crippen LogP contribution in [0.15, 0.2) is 24.5 Å². The van der Waals surface area contributed by atoms with Crippen LogP contribution in [0.25, 0.3) is 0 Å². The Kier molecular flexibility index (Phi) is 7.39. The first kappa shape index (κ1) is 21.7. The molecule has 0 N–H and O–H groups in total. The summed E-state index contributed by atoms with van der Waals surface area (Å²) >= 11 is 0. The maximum Gasteiger partial charge on any atom is 0.239 e. The highest BCUT2D eigenvalue weighted by Crippen LogP contribution is 2.25. The number of carbonyl (C=O) groups is 1. The van der Waals surface area contributed by atoms with Gasteiger partial charge < -0.3 is 9.64 Å². The van der Waals surface area contributed by atoms with E-state index in [1.165, 1.54) is 12.0 Å². The first-order valence-electron chi connectivity index (χ1n) is 11.9. The van der Waals surface area contributed by atoms with Gasteiger partial charge in [-0.2, -0.15) is 0 Å². The van der Waals surface area contributed by atoms with Gasteiger partial charge >= 0.3 is 0 Å². The zero-order valence-corrected chi connectivity index (χ0v) is 18.7. The molecular weight excluding hydrogens is 376 g/mol. The number of nitrogens with zero attached hydrogens (tertiary/aromatic N) is 4. The highest BCUT2D eigenvalue weighted by Gasteiger charge is 2.34. The Hall–Kier alpha value is -1.50. The van der Waals surface area contributed by atoms with Gasteiger partial charge in [-0.25, -0.2) is 0 Å². The normalized spacial score (nSPS) is 29.8.